The van der Waals surface area contributed by atoms with E-state index in [9.17, 15) is 0 Å². The van der Waals surface area contributed by atoms with Gasteiger partial charge in [0, 0.05) is 15.7 Å². The molecule has 0 saturated heterocycles. The largest absolute Gasteiger partial charge is 0.495 e. The first kappa shape index (κ1) is 14.3. The van der Waals surface area contributed by atoms with E-state index >= 15 is 0 Å². The zero-order chi connectivity index (χ0) is 13.8. The van der Waals surface area contributed by atoms with E-state index in [1.165, 1.54) is 0 Å². The van der Waals surface area contributed by atoms with E-state index in [-0.39, 0.29) is 6.04 Å². The van der Waals surface area contributed by atoms with Crippen molar-refractivity contribution in [1.82, 2.24) is 10.4 Å². The summed E-state index contributed by atoms with van der Waals surface area (Å²) in [7, 11) is 1.60. The molecule has 0 aliphatic heterocycles. The van der Waals surface area contributed by atoms with E-state index in [0.717, 1.165) is 15.6 Å². The lowest BCUT2D eigenvalue weighted by molar-refractivity contribution is 0.411. The van der Waals surface area contributed by atoms with E-state index in [1.807, 2.05) is 24.3 Å². The molecule has 1 unspecified atom stereocenters. The first-order valence-electron chi connectivity index (χ1n) is 5.55. The molecule has 0 fully saturated rings. The number of nitrogens with one attached hydrogen (secondary N) is 1. The SMILES string of the molecule is COc1cncc(C(NN)c2ccc(Br)cc2Cl)c1. The number of halogens is 2. The number of hydrogen-bond donors (Lipinski definition) is 2. The van der Waals surface area contributed by atoms with Gasteiger partial charge in [-0.2, -0.15) is 0 Å². The molecule has 2 rings (SSSR count). The first-order valence-corrected chi connectivity index (χ1v) is 6.73. The number of hydrogen-bond acceptors (Lipinski definition) is 4. The third kappa shape index (κ3) is 3.25. The van der Waals surface area contributed by atoms with E-state index < -0.39 is 0 Å². The van der Waals surface area contributed by atoms with Gasteiger partial charge in [0.1, 0.15) is 5.75 Å². The minimum Gasteiger partial charge on any atom is -0.495 e. The fourth-order valence-corrected chi connectivity index (χ4v) is 2.59. The Hall–Kier alpha value is -1.14. The van der Waals surface area contributed by atoms with Crippen LogP contribution >= 0.6 is 27.5 Å². The normalized spacial score (nSPS) is 12.2. The molecular weight excluding hydrogens is 330 g/mol. The van der Waals surface area contributed by atoms with Crippen LogP contribution in [0.4, 0.5) is 0 Å². The van der Waals surface area contributed by atoms with Crippen molar-refractivity contribution in [2.75, 3.05) is 7.11 Å². The lowest BCUT2D eigenvalue weighted by atomic mass is 10.0. The van der Waals surface area contributed by atoms with E-state index in [1.54, 1.807) is 19.5 Å². The van der Waals surface area contributed by atoms with Crippen LogP contribution in [0.3, 0.4) is 0 Å². The van der Waals surface area contributed by atoms with Crippen molar-refractivity contribution in [1.29, 1.82) is 0 Å². The first-order chi connectivity index (χ1) is 9.15. The highest BCUT2D eigenvalue weighted by atomic mass is 79.9. The summed E-state index contributed by atoms with van der Waals surface area (Å²) < 4.78 is 6.08. The third-order valence-corrected chi connectivity index (χ3v) is 3.56. The molecule has 0 aliphatic carbocycles. The lowest BCUT2D eigenvalue weighted by Gasteiger charge is -2.18. The van der Waals surface area contributed by atoms with Crippen LogP contribution in [-0.4, -0.2) is 12.1 Å². The fourth-order valence-electron chi connectivity index (χ4n) is 1.81. The highest BCUT2D eigenvalue weighted by Crippen LogP contribution is 2.30. The fraction of sp³-hybridized carbons (Fsp3) is 0.154. The Balaban J connectivity index is 2.43. The molecule has 1 aromatic heterocycles. The third-order valence-electron chi connectivity index (χ3n) is 2.74. The van der Waals surface area contributed by atoms with Crippen LogP contribution in [0.1, 0.15) is 17.2 Å². The molecule has 0 radical (unpaired) electrons. The predicted octanol–water partition coefficient (Wildman–Crippen LogP) is 3.06. The van der Waals surface area contributed by atoms with E-state index in [4.69, 9.17) is 22.2 Å². The van der Waals surface area contributed by atoms with Gasteiger partial charge >= 0.3 is 0 Å². The molecule has 2 aromatic rings. The van der Waals surface area contributed by atoms with Gasteiger partial charge in [-0.05, 0) is 29.3 Å². The van der Waals surface area contributed by atoms with Gasteiger partial charge in [-0.3, -0.25) is 10.8 Å². The minimum atomic E-state index is -0.247. The Kier molecular flexibility index (Phi) is 4.76. The van der Waals surface area contributed by atoms with Crippen molar-refractivity contribution in [3.63, 3.8) is 0 Å². The molecule has 0 spiro atoms. The number of aromatic nitrogens is 1. The molecule has 1 heterocycles. The molecule has 3 N–H and O–H groups in total. The molecule has 1 atom stereocenters. The number of hydrazine groups is 1. The summed E-state index contributed by atoms with van der Waals surface area (Å²) >= 11 is 9.63. The smallest absolute Gasteiger partial charge is 0.137 e. The monoisotopic (exact) mass is 341 g/mol. The molecule has 0 saturated carbocycles. The standard InChI is InChI=1S/C13H13BrClN3O/c1-19-10-4-8(6-17-7-10)13(18-16)11-3-2-9(14)5-12(11)15/h2-7,13,18H,16H2,1H3. The van der Waals surface area contributed by atoms with Gasteiger partial charge in [-0.25, -0.2) is 5.43 Å². The van der Waals surface area contributed by atoms with Crippen molar-refractivity contribution in [2.24, 2.45) is 5.84 Å². The number of methoxy groups -OCH3 is 1. The maximum Gasteiger partial charge on any atom is 0.137 e. The van der Waals surface area contributed by atoms with Crippen molar-refractivity contribution in [2.45, 2.75) is 6.04 Å². The maximum absolute atomic E-state index is 6.25. The molecule has 6 heteroatoms. The Morgan fingerprint density at radius 1 is 1.37 bits per heavy atom. The van der Waals surface area contributed by atoms with Crippen LogP contribution in [0.2, 0.25) is 5.02 Å². The van der Waals surface area contributed by atoms with Gasteiger partial charge in [0.15, 0.2) is 0 Å². The molecule has 0 aliphatic rings. The molecule has 0 bridgehead atoms. The summed E-state index contributed by atoms with van der Waals surface area (Å²) in [5.74, 6) is 6.32. The second-order valence-corrected chi connectivity index (χ2v) is 5.25. The van der Waals surface area contributed by atoms with Gasteiger partial charge in [-0.1, -0.05) is 33.6 Å². The highest BCUT2D eigenvalue weighted by Gasteiger charge is 2.16. The second-order valence-electron chi connectivity index (χ2n) is 3.92. The van der Waals surface area contributed by atoms with Crippen LogP contribution in [-0.2, 0) is 0 Å². The van der Waals surface area contributed by atoms with Crippen LogP contribution in [0.25, 0.3) is 0 Å². The van der Waals surface area contributed by atoms with Crippen LogP contribution in [0.5, 0.6) is 5.75 Å². The zero-order valence-corrected chi connectivity index (χ0v) is 12.6. The number of nitrogens with zero attached hydrogens (tertiary/aromatic N) is 1. The molecule has 4 nitrogen and oxygen atoms in total. The summed E-state index contributed by atoms with van der Waals surface area (Å²) in [5.41, 5.74) is 4.51. The molecule has 0 amide bonds. The Morgan fingerprint density at radius 3 is 2.79 bits per heavy atom. The predicted molar refractivity (Wildman–Crippen MR) is 79.1 cm³/mol. The molecular formula is C13H13BrClN3O. The lowest BCUT2D eigenvalue weighted by Crippen LogP contribution is -2.29. The molecule has 100 valence electrons. The number of rotatable bonds is 4. The number of pyridine rings is 1. The second kappa shape index (κ2) is 6.34. The van der Waals surface area contributed by atoms with Crippen molar-refractivity contribution in [3.05, 3.63) is 57.3 Å². The van der Waals surface area contributed by atoms with Gasteiger partial charge in [0.25, 0.3) is 0 Å². The van der Waals surface area contributed by atoms with Crippen molar-refractivity contribution >= 4 is 27.5 Å². The molecule has 1 aromatic carbocycles. The van der Waals surface area contributed by atoms with Crippen molar-refractivity contribution in [3.8, 4) is 5.75 Å². The zero-order valence-electron chi connectivity index (χ0n) is 10.2. The van der Waals surface area contributed by atoms with Gasteiger partial charge in [0.2, 0.25) is 0 Å². The minimum absolute atomic E-state index is 0.247. The van der Waals surface area contributed by atoms with Crippen LogP contribution in [0, 0.1) is 0 Å². The summed E-state index contributed by atoms with van der Waals surface area (Å²) in [6.45, 7) is 0. The Bertz CT molecular complexity index is 580. The number of ether oxygens (including phenoxy) is 1. The Morgan fingerprint density at radius 2 is 2.16 bits per heavy atom. The van der Waals surface area contributed by atoms with Crippen LogP contribution < -0.4 is 16.0 Å². The van der Waals surface area contributed by atoms with E-state index in [2.05, 4.69) is 26.3 Å². The number of nitrogens with two attached hydrogens (primary N) is 1. The van der Waals surface area contributed by atoms with Crippen molar-refractivity contribution < 1.29 is 4.74 Å². The maximum atomic E-state index is 6.25. The average Bonchev–Trinajstić information content (AvgIpc) is 2.42. The summed E-state index contributed by atoms with van der Waals surface area (Å²) in [6.07, 6.45) is 3.37. The van der Waals surface area contributed by atoms with Crippen LogP contribution in [0.15, 0.2) is 41.1 Å². The quantitative estimate of drug-likeness (QED) is 0.662. The molecule has 19 heavy (non-hydrogen) atoms. The summed E-state index contributed by atoms with van der Waals surface area (Å²) in [5, 5.41) is 0.625. The number of benzene rings is 1. The summed E-state index contributed by atoms with van der Waals surface area (Å²) in [4.78, 5) is 4.12. The van der Waals surface area contributed by atoms with E-state index in [0.29, 0.717) is 10.8 Å². The van der Waals surface area contributed by atoms with Gasteiger partial charge in [-0.15, -0.1) is 0 Å². The average molecular weight is 343 g/mol. The Labute approximate surface area is 125 Å². The highest BCUT2D eigenvalue weighted by molar-refractivity contribution is 9.10. The summed E-state index contributed by atoms with van der Waals surface area (Å²) in [6, 6.07) is 7.28. The van der Waals surface area contributed by atoms with Gasteiger partial charge in [0.05, 0.1) is 19.3 Å². The topological polar surface area (TPSA) is 60.2 Å². The van der Waals surface area contributed by atoms with Gasteiger partial charge < -0.3 is 4.74 Å².